The first-order valence-electron chi connectivity index (χ1n) is 5.90. The number of fused-ring (bicyclic) bond motifs is 1. The van der Waals surface area contributed by atoms with Crippen LogP contribution in [0.2, 0.25) is 0 Å². The van der Waals surface area contributed by atoms with E-state index in [4.69, 9.17) is 0 Å². The fourth-order valence-electron chi connectivity index (χ4n) is 2.32. The highest BCUT2D eigenvalue weighted by molar-refractivity contribution is 6.11. The molecule has 0 amide bonds. The molecule has 1 saturated carbocycles. The van der Waals surface area contributed by atoms with Crippen LogP contribution in [0.4, 0.5) is 0 Å². The van der Waals surface area contributed by atoms with Gasteiger partial charge in [-0.3, -0.25) is 4.79 Å². The van der Waals surface area contributed by atoms with E-state index in [0.717, 1.165) is 29.2 Å². The van der Waals surface area contributed by atoms with Gasteiger partial charge >= 0.3 is 0 Å². The summed E-state index contributed by atoms with van der Waals surface area (Å²) in [7, 11) is 0. The summed E-state index contributed by atoms with van der Waals surface area (Å²) in [5, 5.41) is 11.4. The van der Waals surface area contributed by atoms with Gasteiger partial charge in [-0.25, -0.2) is 0 Å². The molecule has 1 aliphatic carbocycles. The molecule has 0 unspecified atom stereocenters. The Hall–Kier alpha value is -1.67. The lowest BCUT2D eigenvalue weighted by Crippen LogP contribution is -2.20. The standard InChI is InChI=1S/C15H14O2/c16-10-15(8-9-15)14(17)13-7-3-5-11-4-1-2-6-12(11)13/h1-7,16H,8-10H2. The van der Waals surface area contributed by atoms with Gasteiger partial charge in [-0.2, -0.15) is 0 Å². The Kier molecular flexibility index (Phi) is 2.26. The van der Waals surface area contributed by atoms with Crippen molar-refractivity contribution in [3.05, 3.63) is 48.0 Å². The Morgan fingerprint density at radius 2 is 1.82 bits per heavy atom. The van der Waals surface area contributed by atoms with Crippen molar-refractivity contribution in [3.63, 3.8) is 0 Å². The van der Waals surface area contributed by atoms with Crippen molar-refractivity contribution in [2.24, 2.45) is 5.41 Å². The van der Waals surface area contributed by atoms with Crippen LogP contribution in [-0.4, -0.2) is 17.5 Å². The maximum atomic E-state index is 12.4. The van der Waals surface area contributed by atoms with Crippen LogP contribution in [0.3, 0.4) is 0 Å². The first-order valence-corrected chi connectivity index (χ1v) is 5.90. The fourth-order valence-corrected chi connectivity index (χ4v) is 2.32. The molecule has 3 rings (SSSR count). The predicted molar refractivity (Wildman–Crippen MR) is 67.0 cm³/mol. The van der Waals surface area contributed by atoms with E-state index in [1.54, 1.807) is 0 Å². The maximum absolute atomic E-state index is 12.4. The molecule has 0 spiro atoms. The van der Waals surface area contributed by atoms with Crippen molar-refractivity contribution >= 4 is 16.6 Å². The first-order chi connectivity index (χ1) is 8.27. The molecule has 0 heterocycles. The van der Waals surface area contributed by atoms with Gasteiger partial charge in [-0.1, -0.05) is 42.5 Å². The van der Waals surface area contributed by atoms with Gasteiger partial charge < -0.3 is 5.11 Å². The minimum absolute atomic E-state index is 0.0327. The van der Waals surface area contributed by atoms with E-state index in [0.29, 0.717) is 0 Å². The zero-order chi connectivity index (χ0) is 11.9. The van der Waals surface area contributed by atoms with Crippen molar-refractivity contribution in [2.45, 2.75) is 12.8 Å². The Bertz CT molecular complexity index is 577. The Morgan fingerprint density at radius 1 is 1.12 bits per heavy atom. The summed E-state index contributed by atoms with van der Waals surface area (Å²) in [5.41, 5.74) is 0.263. The average Bonchev–Trinajstić information content (AvgIpc) is 3.18. The molecule has 2 aromatic rings. The summed E-state index contributed by atoms with van der Waals surface area (Å²) in [5.74, 6) is 0.0943. The SMILES string of the molecule is O=C(c1cccc2ccccc12)C1(CO)CC1. The summed E-state index contributed by atoms with van der Waals surface area (Å²) in [4.78, 5) is 12.4. The molecule has 0 radical (unpaired) electrons. The third kappa shape index (κ3) is 1.56. The van der Waals surface area contributed by atoms with Crippen molar-refractivity contribution < 1.29 is 9.90 Å². The van der Waals surface area contributed by atoms with Gasteiger partial charge in [0.1, 0.15) is 0 Å². The van der Waals surface area contributed by atoms with E-state index in [9.17, 15) is 9.90 Å². The predicted octanol–water partition coefficient (Wildman–Crippen LogP) is 2.80. The van der Waals surface area contributed by atoms with Crippen LogP contribution in [0.25, 0.3) is 10.8 Å². The van der Waals surface area contributed by atoms with Gasteiger partial charge in [0.25, 0.3) is 0 Å². The number of aliphatic hydroxyl groups is 1. The highest BCUT2D eigenvalue weighted by Crippen LogP contribution is 2.48. The molecule has 1 aliphatic rings. The summed E-state index contributed by atoms with van der Waals surface area (Å²) >= 11 is 0. The van der Waals surface area contributed by atoms with Gasteiger partial charge in [0.15, 0.2) is 5.78 Å². The highest BCUT2D eigenvalue weighted by atomic mass is 16.3. The van der Waals surface area contributed by atoms with Crippen molar-refractivity contribution in [2.75, 3.05) is 6.61 Å². The molecule has 0 aromatic heterocycles. The largest absolute Gasteiger partial charge is 0.395 e. The van der Waals surface area contributed by atoms with Gasteiger partial charge in [-0.15, -0.1) is 0 Å². The molecule has 0 aliphatic heterocycles. The van der Waals surface area contributed by atoms with Crippen LogP contribution in [0.5, 0.6) is 0 Å². The van der Waals surface area contributed by atoms with E-state index >= 15 is 0 Å². The van der Waals surface area contributed by atoms with Gasteiger partial charge in [-0.05, 0) is 23.6 Å². The maximum Gasteiger partial charge on any atom is 0.171 e. The van der Waals surface area contributed by atoms with Crippen LogP contribution in [0.15, 0.2) is 42.5 Å². The van der Waals surface area contributed by atoms with Gasteiger partial charge in [0.2, 0.25) is 0 Å². The van der Waals surface area contributed by atoms with Crippen molar-refractivity contribution in [3.8, 4) is 0 Å². The number of benzene rings is 2. The number of ketones is 1. The number of hydrogen-bond donors (Lipinski definition) is 1. The summed E-state index contributed by atoms with van der Waals surface area (Å²) < 4.78 is 0. The van der Waals surface area contributed by atoms with E-state index < -0.39 is 5.41 Å². The van der Waals surface area contributed by atoms with Crippen LogP contribution in [0, 0.1) is 5.41 Å². The number of Topliss-reactive ketones (excluding diaryl/α,β-unsaturated/α-hetero) is 1. The minimum Gasteiger partial charge on any atom is -0.395 e. The van der Waals surface area contributed by atoms with Gasteiger partial charge in [0.05, 0.1) is 12.0 Å². The van der Waals surface area contributed by atoms with E-state index in [-0.39, 0.29) is 12.4 Å². The molecular weight excluding hydrogens is 212 g/mol. The molecule has 0 bridgehead atoms. The molecule has 1 N–H and O–H groups in total. The summed E-state index contributed by atoms with van der Waals surface area (Å²) in [6, 6.07) is 13.7. The summed E-state index contributed by atoms with van der Waals surface area (Å²) in [6.07, 6.45) is 1.62. The van der Waals surface area contributed by atoms with E-state index in [1.165, 1.54) is 0 Å². The van der Waals surface area contributed by atoms with Crippen molar-refractivity contribution in [1.29, 1.82) is 0 Å². The van der Waals surface area contributed by atoms with Crippen LogP contribution in [-0.2, 0) is 0 Å². The van der Waals surface area contributed by atoms with Gasteiger partial charge in [0, 0.05) is 5.56 Å². The van der Waals surface area contributed by atoms with Crippen LogP contribution < -0.4 is 0 Å². The molecule has 2 nitrogen and oxygen atoms in total. The zero-order valence-corrected chi connectivity index (χ0v) is 9.52. The molecule has 86 valence electrons. The number of hydrogen-bond acceptors (Lipinski definition) is 2. The zero-order valence-electron chi connectivity index (χ0n) is 9.52. The topological polar surface area (TPSA) is 37.3 Å². The highest BCUT2D eigenvalue weighted by Gasteiger charge is 2.49. The third-order valence-corrected chi connectivity index (χ3v) is 3.67. The smallest absolute Gasteiger partial charge is 0.171 e. The van der Waals surface area contributed by atoms with Crippen molar-refractivity contribution in [1.82, 2.24) is 0 Å². The second kappa shape index (κ2) is 3.67. The Balaban J connectivity index is 2.15. The molecule has 2 aromatic carbocycles. The van der Waals surface area contributed by atoms with E-state index in [2.05, 4.69) is 0 Å². The first kappa shape index (κ1) is 10.5. The number of carbonyl (C=O) groups excluding carboxylic acids is 1. The fraction of sp³-hybridized carbons (Fsp3) is 0.267. The van der Waals surface area contributed by atoms with Crippen LogP contribution >= 0.6 is 0 Å². The molecule has 0 atom stereocenters. The minimum atomic E-state index is -0.482. The lowest BCUT2D eigenvalue weighted by atomic mass is 9.92. The number of aliphatic hydroxyl groups excluding tert-OH is 1. The molecule has 1 fully saturated rings. The quantitative estimate of drug-likeness (QED) is 0.817. The second-order valence-electron chi connectivity index (χ2n) is 4.79. The second-order valence-corrected chi connectivity index (χ2v) is 4.79. The molecule has 0 saturated heterocycles. The Labute approximate surface area is 99.9 Å². The molecular formula is C15H14O2. The van der Waals surface area contributed by atoms with Crippen LogP contribution in [0.1, 0.15) is 23.2 Å². The lowest BCUT2D eigenvalue weighted by molar-refractivity contribution is 0.0831. The third-order valence-electron chi connectivity index (χ3n) is 3.67. The molecule has 17 heavy (non-hydrogen) atoms. The number of rotatable bonds is 3. The van der Waals surface area contributed by atoms with E-state index in [1.807, 2.05) is 42.5 Å². The molecule has 2 heteroatoms. The number of carbonyl (C=O) groups is 1. The Morgan fingerprint density at radius 3 is 2.53 bits per heavy atom. The monoisotopic (exact) mass is 226 g/mol. The lowest BCUT2D eigenvalue weighted by Gasteiger charge is -2.12. The summed E-state index contributed by atoms with van der Waals surface area (Å²) in [6.45, 7) is -0.0327. The normalized spacial score (nSPS) is 17.0. The average molecular weight is 226 g/mol.